The molecule has 34 heavy (non-hydrogen) atoms. The Bertz CT molecular complexity index is 1200. The van der Waals surface area contributed by atoms with Crippen molar-refractivity contribution in [2.45, 2.75) is 23.6 Å². The van der Waals surface area contributed by atoms with Gasteiger partial charge in [0.2, 0.25) is 11.8 Å². The van der Waals surface area contributed by atoms with E-state index in [-0.39, 0.29) is 23.6 Å². The summed E-state index contributed by atoms with van der Waals surface area (Å²) in [6.07, 6.45) is 0.119. The summed E-state index contributed by atoms with van der Waals surface area (Å²) in [5.41, 5.74) is 1.89. The number of rotatable bonds is 8. The zero-order chi connectivity index (χ0) is 24.2. The lowest BCUT2D eigenvalue weighted by Gasteiger charge is -2.26. The number of nitrogens with zero attached hydrogens (tertiary/aromatic N) is 2. The van der Waals surface area contributed by atoms with Gasteiger partial charge in [-0.25, -0.2) is 0 Å². The van der Waals surface area contributed by atoms with Crippen LogP contribution in [0.2, 0.25) is 10.0 Å². The number of carbonyl (C=O) groups is 2. The molecule has 0 aliphatic carbocycles. The van der Waals surface area contributed by atoms with Crippen molar-refractivity contribution in [3.05, 3.63) is 81.8 Å². The Labute approximate surface area is 214 Å². The lowest BCUT2D eigenvalue weighted by Crippen LogP contribution is -2.37. The molecule has 1 N–H and O–H groups in total. The standard InChI is InChI=1S/C26H27Cl2N3O2S/c1-30(2)12-13-31-25(33)23(34-26(31)21-11-10-19(27)14-22(21)28)15-24(32)29-16-18-8-5-7-17-6-3-4-9-20(17)18/h3-11,14,23,26H,12-13,15-16H2,1-2H3,(H,29,32)/t23-,26-/m1/s1. The number of hydrogen-bond acceptors (Lipinski definition) is 4. The predicted octanol–water partition coefficient (Wildman–Crippen LogP) is 5.36. The first-order valence-corrected chi connectivity index (χ1v) is 12.8. The van der Waals surface area contributed by atoms with Crippen LogP contribution in [-0.4, -0.2) is 54.0 Å². The highest BCUT2D eigenvalue weighted by molar-refractivity contribution is 8.01. The van der Waals surface area contributed by atoms with E-state index in [0.29, 0.717) is 29.7 Å². The zero-order valence-electron chi connectivity index (χ0n) is 19.1. The van der Waals surface area contributed by atoms with Crippen LogP contribution in [0.3, 0.4) is 0 Å². The Balaban J connectivity index is 1.46. The second-order valence-corrected chi connectivity index (χ2v) is 10.7. The molecule has 2 amide bonds. The van der Waals surface area contributed by atoms with E-state index in [0.717, 1.165) is 21.9 Å². The SMILES string of the molecule is CN(C)CCN1C(=O)[C@@H](CC(=O)NCc2cccc3ccccc23)S[C@@H]1c1ccc(Cl)cc1Cl. The van der Waals surface area contributed by atoms with E-state index in [2.05, 4.69) is 23.5 Å². The third kappa shape index (κ3) is 5.69. The van der Waals surface area contributed by atoms with Gasteiger partial charge < -0.3 is 15.1 Å². The summed E-state index contributed by atoms with van der Waals surface area (Å²) < 4.78 is 0. The van der Waals surface area contributed by atoms with Crippen molar-refractivity contribution in [1.82, 2.24) is 15.1 Å². The number of amides is 2. The van der Waals surface area contributed by atoms with E-state index in [1.807, 2.05) is 54.2 Å². The van der Waals surface area contributed by atoms with Gasteiger partial charge in [-0.1, -0.05) is 71.7 Å². The minimum Gasteiger partial charge on any atom is -0.352 e. The van der Waals surface area contributed by atoms with Gasteiger partial charge in [-0.3, -0.25) is 9.59 Å². The summed E-state index contributed by atoms with van der Waals surface area (Å²) in [4.78, 5) is 30.0. The highest BCUT2D eigenvalue weighted by atomic mass is 35.5. The van der Waals surface area contributed by atoms with E-state index in [1.165, 1.54) is 11.8 Å². The third-order valence-corrected chi connectivity index (χ3v) is 7.90. The van der Waals surface area contributed by atoms with Gasteiger partial charge in [-0.15, -0.1) is 11.8 Å². The largest absolute Gasteiger partial charge is 0.352 e. The van der Waals surface area contributed by atoms with Gasteiger partial charge in [-0.05, 0) is 42.6 Å². The van der Waals surface area contributed by atoms with Gasteiger partial charge in [0, 0.05) is 41.7 Å². The number of carbonyl (C=O) groups excluding carboxylic acids is 2. The molecule has 1 aliphatic heterocycles. The van der Waals surface area contributed by atoms with Crippen LogP contribution in [0.5, 0.6) is 0 Å². The van der Waals surface area contributed by atoms with Gasteiger partial charge in [0.25, 0.3) is 0 Å². The average molecular weight is 516 g/mol. The van der Waals surface area contributed by atoms with Crippen LogP contribution in [0, 0.1) is 0 Å². The van der Waals surface area contributed by atoms with E-state index in [4.69, 9.17) is 23.2 Å². The van der Waals surface area contributed by atoms with E-state index in [9.17, 15) is 9.59 Å². The minimum atomic E-state index is -0.466. The summed E-state index contributed by atoms with van der Waals surface area (Å²) in [5, 5.41) is 5.60. The van der Waals surface area contributed by atoms with Crippen LogP contribution >= 0.6 is 35.0 Å². The molecule has 0 radical (unpaired) electrons. The number of hydrogen-bond donors (Lipinski definition) is 1. The summed E-state index contributed by atoms with van der Waals surface area (Å²) in [5.74, 6) is -0.183. The average Bonchev–Trinajstić information content (AvgIpc) is 3.10. The van der Waals surface area contributed by atoms with Crippen molar-refractivity contribution in [3.8, 4) is 0 Å². The van der Waals surface area contributed by atoms with Gasteiger partial charge in [0.15, 0.2) is 0 Å². The molecule has 0 bridgehead atoms. The summed E-state index contributed by atoms with van der Waals surface area (Å²) in [6.45, 7) is 1.69. The van der Waals surface area contributed by atoms with Crippen molar-refractivity contribution >= 4 is 57.6 Å². The number of benzene rings is 3. The van der Waals surface area contributed by atoms with Crippen LogP contribution < -0.4 is 5.32 Å². The lowest BCUT2D eigenvalue weighted by atomic mass is 10.0. The van der Waals surface area contributed by atoms with Crippen LogP contribution in [-0.2, 0) is 16.1 Å². The summed E-state index contributed by atoms with van der Waals surface area (Å²) in [6, 6.07) is 19.5. The molecule has 3 aromatic rings. The molecular formula is C26H27Cl2N3O2S. The molecule has 0 spiro atoms. The van der Waals surface area contributed by atoms with Crippen molar-refractivity contribution in [3.63, 3.8) is 0 Å². The summed E-state index contributed by atoms with van der Waals surface area (Å²) in [7, 11) is 3.94. The second-order valence-electron chi connectivity index (χ2n) is 8.60. The van der Waals surface area contributed by atoms with E-state index >= 15 is 0 Å². The van der Waals surface area contributed by atoms with Crippen LogP contribution in [0.1, 0.15) is 22.9 Å². The number of likely N-dealkylation sites (N-methyl/N-ethyl adjacent to an activating group) is 1. The molecule has 1 heterocycles. The fourth-order valence-electron chi connectivity index (χ4n) is 4.08. The lowest BCUT2D eigenvalue weighted by molar-refractivity contribution is -0.132. The summed E-state index contributed by atoms with van der Waals surface area (Å²) >= 11 is 14.0. The maximum atomic E-state index is 13.3. The first-order chi connectivity index (χ1) is 16.3. The Morgan fingerprint density at radius 3 is 2.62 bits per heavy atom. The molecule has 178 valence electrons. The molecule has 0 unspecified atom stereocenters. The molecule has 5 nitrogen and oxygen atoms in total. The number of thioether (sulfide) groups is 1. The van der Waals surface area contributed by atoms with Crippen LogP contribution in [0.15, 0.2) is 60.7 Å². The molecule has 8 heteroatoms. The zero-order valence-corrected chi connectivity index (χ0v) is 21.5. The monoisotopic (exact) mass is 515 g/mol. The molecule has 1 aliphatic rings. The normalized spacial score (nSPS) is 18.1. The van der Waals surface area contributed by atoms with Crippen LogP contribution in [0.25, 0.3) is 10.8 Å². The maximum absolute atomic E-state index is 13.3. The van der Waals surface area contributed by atoms with E-state index in [1.54, 1.807) is 12.1 Å². The Hall–Kier alpha value is -2.25. The highest BCUT2D eigenvalue weighted by Gasteiger charge is 2.42. The molecule has 0 saturated carbocycles. The number of fused-ring (bicyclic) bond motifs is 1. The Morgan fingerprint density at radius 2 is 1.85 bits per heavy atom. The van der Waals surface area contributed by atoms with Crippen molar-refractivity contribution in [2.75, 3.05) is 27.2 Å². The van der Waals surface area contributed by atoms with Gasteiger partial charge in [0.05, 0.1) is 5.25 Å². The number of nitrogens with one attached hydrogen (secondary N) is 1. The van der Waals surface area contributed by atoms with E-state index < -0.39 is 5.25 Å². The molecule has 4 rings (SSSR count). The van der Waals surface area contributed by atoms with Gasteiger partial charge >= 0.3 is 0 Å². The first-order valence-electron chi connectivity index (χ1n) is 11.1. The molecule has 1 saturated heterocycles. The maximum Gasteiger partial charge on any atom is 0.237 e. The highest BCUT2D eigenvalue weighted by Crippen LogP contribution is 2.46. The Morgan fingerprint density at radius 1 is 1.09 bits per heavy atom. The quantitative estimate of drug-likeness (QED) is 0.438. The molecule has 2 atom stereocenters. The Kier molecular flexibility index (Phi) is 8.04. The number of halogens is 2. The predicted molar refractivity (Wildman–Crippen MR) is 141 cm³/mol. The smallest absolute Gasteiger partial charge is 0.237 e. The van der Waals surface area contributed by atoms with Gasteiger partial charge in [0.1, 0.15) is 5.37 Å². The van der Waals surface area contributed by atoms with Gasteiger partial charge in [-0.2, -0.15) is 0 Å². The second kappa shape index (κ2) is 11.0. The molecular weight excluding hydrogens is 489 g/mol. The van der Waals surface area contributed by atoms with Crippen LogP contribution in [0.4, 0.5) is 0 Å². The minimum absolute atomic E-state index is 0.0387. The fourth-order valence-corrected chi connectivity index (χ4v) is 6.18. The molecule has 1 fully saturated rings. The fraction of sp³-hybridized carbons (Fsp3) is 0.308. The first kappa shape index (κ1) is 24.9. The van der Waals surface area contributed by atoms with Crippen molar-refractivity contribution in [2.24, 2.45) is 0 Å². The van der Waals surface area contributed by atoms with Crippen molar-refractivity contribution in [1.29, 1.82) is 0 Å². The molecule has 3 aromatic carbocycles. The van der Waals surface area contributed by atoms with Crippen molar-refractivity contribution < 1.29 is 9.59 Å². The topological polar surface area (TPSA) is 52.7 Å². The molecule has 0 aromatic heterocycles. The third-order valence-electron chi connectivity index (χ3n) is 5.88.